The Bertz CT molecular complexity index is 1630. The van der Waals surface area contributed by atoms with Crippen LogP contribution in [0, 0.1) is 111 Å². The Labute approximate surface area is 387 Å². The molecule has 1 aromatic carbocycles. The average molecular weight is 1190 g/mol. The summed E-state index contributed by atoms with van der Waals surface area (Å²) >= 11 is 0. The fourth-order valence-electron chi connectivity index (χ4n) is 8.79. The summed E-state index contributed by atoms with van der Waals surface area (Å²) in [6.07, 6.45) is -11.0. The van der Waals surface area contributed by atoms with Gasteiger partial charge in [-0.15, -0.1) is 0 Å². The smallest absolute Gasteiger partial charge is 0.407 e. The number of aliphatic hydroxyl groups excluding tert-OH is 3. The Morgan fingerprint density at radius 2 is 1.59 bits per heavy atom. The molecular weight excluding hydrogens is 1130 g/mol. The molecule has 1 heterocycles. The maximum Gasteiger partial charge on any atom is 0.407 e. The van der Waals surface area contributed by atoms with Crippen molar-refractivity contribution in [2.45, 2.75) is 135 Å². The van der Waals surface area contributed by atoms with Gasteiger partial charge in [0, 0.05) is 112 Å². The molecule has 3 aliphatic carbocycles. The number of benzene rings is 1. The summed E-state index contributed by atoms with van der Waals surface area (Å²) < 4.78 is 23.0. The number of nitrogens with one attached hydrogen (secondary N) is 1. The standard InChI is InChI=1S/C38H53NO13.2Ac/c1-18(2)25(39-33(46)52-34(4,5)6)27(42)32(45)50-21-16-38(48)30(51-31(44)20-13-11-10-12-14-20)28-36(9,22(40)15-23-37(28,47)17-49-23)29(43)26(41)24(19(21)3)35(38,7)8;;/h10-14,18,21-23,25-28,30,40-42,47-48H,15-17H2,1-9H3,(H,39,46);;/t21?,22-,23+,25-,26+,27+,28-,30-,36+,37-,38+;;/m0../s1. The van der Waals surface area contributed by atoms with Crippen molar-refractivity contribution in [1.82, 2.24) is 5.32 Å². The van der Waals surface area contributed by atoms with E-state index in [2.05, 4.69) is 5.32 Å². The van der Waals surface area contributed by atoms with Gasteiger partial charge in [0.1, 0.15) is 35.1 Å². The van der Waals surface area contributed by atoms with Gasteiger partial charge in [-0.25, -0.2) is 14.4 Å². The zero-order valence-electron chi connectivity index (χ0n) is 32.4. The first-order valence-electron chi connectivity index (χ1n) is 17.7. The SMILES string of the molecule is CC1=C2[C@@H](O)C(=O)[C@@]3(C)[C@H]([C@H](OC(=O)c4ccccc4)[C@](O)(CC1OC(=O)[C@H](O)[C@@H](NC(=O)OC(C)(C)C)C(C)C)C2(C)C)[C@]1(O)CO[C@@H]1C[C@@H]3O.[Ac].[Ac]. The number of Topliss-reactive ketones (excluding diaryl/α,β-unsaturated/α-hetero) is 1. The molecule has 14 nitrogen and oxygen atoms in total. The molecule has 1 unspecified atom stereocenters. The number of carbonyl (C=O) groups excluding carboxylic acids is 4. The van der Waals surface area contributed by atoms with E-state index < -0.39 is 112 Å². The van der Waals surface area contributed by atoms with Crippen molar-refractivity contribution >= 4 is 23.8 Å². The average Bonchev–Trinajstić information content (AvgIpc) is 3.04. The molecular formula is C38H53Ac2NO13. The molecule has 54 heavy (non-hydrogen) atoms. The van der Waals surface area contributed by atoms with Crippen molar-refractivity contribution < 1.29 is 152 Å². The maximum atomic E-state index is 14.6. The van der Waals surface area contributed by atoms with Gasteiger partial charge in [-0.3, -0.25) is 4.79 Å². The van der Waals surface area contributed by atoms with Gasteiger partial charge >= 0.3 is 18.0 Å². The minimum Gasteiger partial charge on any atom is -0.456 e. The molecule has 0 aromatic heterocycles. The Morgan fingerprint density at radius 3 is 2.11 bits per heavy atom. The molecule has 2 saturated carbocycles. The fourth-order valence-corrected chi connectivity index (χ4v) is 8.79. The zero-order valence-corrected chi connectivity index (χ0v) is 41.9. The van der Waals surface area contributed by atoms with Crippen LogP contribution in [0.4, 0.5) is 4.79 Å². The molecule has 2 radical (unpaired) electrons. The van der Waals surface area contributed by atoms with Gasteiger partial charge in [-0.1, -0.05) is 45.9 Å². The Morgan fingerprint density at radius 1 is 1.00 bits per heavy atom. The van der Waals surface area contributed by atoms with Crippen molar-refractivity contribution in [3.05, 3.63) is 47.0 Å². The number of amides is 1. The van der Waals surface area contributed by atoms with E-state index in [9.17, 15) is 44.7 Å². The topological polar surface area (TPSA) is 218 Å². The van der Waals surface area contributed by atoms with E-state index in [1.165, 1.54) is 26.0 Å². The normalized spacial score (nSPS) is 35.2. The molecule has 1 amide bonds. The number of ether oxygens (including phenoxy) is 4. The van der Waals surface area contributed by atoms with Gasteiger partial charge in [0.05, 0.1) is 35.8 Å². The van der Waals surface area contributed by atoms with Crippen LogP contribution in [0.15, 0.2) is 41.5 Å². The number of hydrogen-bond acceptors (Lipinski definition) is 13. The van der Waals surface area contributed by atoms with E-state index in [1.807, 2.05) is 0 Å². The summed E-state index contributed by atoms with van der Waals surface area (Å²) in [5, 5.41) is 62.6. The van der Waals surface area contributed by atoms with E-state index in [0.29, 0.717) is 0 Å². The van der Waals surface area contributed by atoms with E-state index in [-0.39, 0.29) is 118 Å². The van der Waals surface area contributed by atoms with E-state index in [1.54, 1.807) is 66.7 Å². The molecule has 4 aliphatic rings. The molecule has 0 spiro atoms. The molecule has 3 fully saturated rings. The number of alkyl carbamates (subject to hydrolysis) is 1. The fraction of sp³-hybridized carbons (Fsp3) is 0.684. The number of fused-ring (bicyclic) bond motifs is 5. The molecule has 294 valence electrons. The molecule has 11 atom stereocenters. The van der Waals surface area contributed by atoms with Gasteiger partial charge in [0.2, 0.25) is 0 Å². The summed E-state index contributed by atoms with van der Waals surface area (Å²) in [7, 11) is 0. The Balaban J connectivity index is 0.00000392. The zero-order chi connectivity index (χ0) is 38.9. The van der Waals surface area contributed by atoms with Crippen LogP contribution in [-0.2, 0) is 28.5 Å². The van der Waals surface area contributed by atoms with Crippen molar-refractivity contribution in [2.75, 3.05) is 6.61 Å². The van der Waals surface area contributed by atoms with E-state index in [0.717, 1.165) is 0 Å². The van der Waals surface area contributed by atoms with Crippen LogP contribution >= 0.6 is 0 Å². The van der Waals surface area contributed by atoms with Gasteiger partial charge in [-0.05, 0) is 63.8 Å². The predicted molar refractivity (Wildman–Crippen MR) is 184 cm³/mol. The predicted octanol–water partition coefficient (Wildman–Crippen LogP) is 1.97. The molecule has 6 N–H and O–H groups in total. The third kappa shape index (κ3) is 8.20. The minimum absolute atomic E-state index is 0. The van der Waals surface area contributed by atoms with Gasteiger partial charge in [0.15, 0.2) is 11.9 Å². The summed E-state index contributed by atoms with van der Waals surface area (Å²) in [5.41, 5.74) is -8.28. The molecule has 2 bridgehead atoms. The van der Waals surface area contributed by atoms with Gasteiger partial charge in [0.25, 0.3) is 0 Å². The van der Waals surface area contributed by atoms with Crippen LogP contribution in [0.1, 0.15) is 85.5 Å². The molecule has 16 heteroatoms. The number of aliphatic hydroxyl groups is 5. The van der Waals surface area contributed by atoms with E-state index in [4.69, 9.17) is 18.9 Å². The first-order valence-corrected chi connectivity index (χ1v) is 17.7. The van der Waals surface area contributed by atoms with Crippen molar-refractivity contribution in [3.8, 4) is 0 Å². The van der Waals surface area contributed by atoms with Crippen molar-refractivity contribution in [1.29, 1.82) is 0 Å². The first kappa shape index (κ1) is 47.9. The number of carbonyl (C=O) groups is 4. The molecule has 1 aliphatic heterocycles. The van der Waals surface area contributed by atoms with Gasteiger partial charge in [-0.2, -0.15) is 0 Å². The quantitative estimate of drug-likeness (QED) is 0.131. The van der Waals surface area contributed by atoms with Gasteiger partial charge < -0.3 is 49.8 Å². The third-order valence-electron chi connectivity index (χ3n) is 11.9. The number of rotatable bonds is 7. The first-order chi connectivity index (χ1) is 23.9. The Kier molecular flexibility index (Phi) is 15.1. The number of hydrogen-bond donors (Lipinski definition) is 6. The van der Waals surface area contributed by atoms with Crippen molar-refractivity contribution in [2.24, 2.45) is 22.7 Å². The second kappa shape index (κ2) is 17.0. The molecule has 1 aromatic rings. The second-order valence-electron chi connectivity index (χ2n) is 16.9. The maximum absolute atomic E-state index is 14.6. The summed E-state index contributed by atoms with van der Waals surface area (Å²) in [4.78, 5) is 54.8. The van der Waals surface area contributed by atoms with Crippen LogP contribution in [0.25, 0.3) is 0 Å². The third-order valence-corrected chi connectivity index (χ3v) is 11.9. The largest absolute Gasteiger partial charge is 0.456 e. The van der Waals surface area contributed by atoms with E-state index >= 15 is 0 Å². The van der Waals surface area contributed by atoms with Crippen LogP contribution in [0.5, 0.6) is 0 Å². The summed E-state index contributed by atoms with van der Waals surface area (Å²) in [6.45, 7) is 14.0. The van der Waals surface area contributed by atoms with Crippen LogP contribution in [0.3, 0.4) is 0 Å². The number of esters is 2. The van der Waals surface area contributed by atoms with Crippen LogP contribution < -0.4 is 5.32 Å². The summed E-state index contributed by atoms with van der Waals surface area (Å²) in [5.74, 6) is -4.95. The second-order valence-corrected chi connectivity index (χ2v) is 16.9. The summed E-state index contributed by atoms with van der Waals surface area (Å²) in [6, 6.07) is 6.74. The molecule has 5 rings (SSSR count). The monoisotopic (exact) mass is 1190 g/mol. The minimum atomic E-state index is -2.28. The number of ketones is 1. The van der Waals surface area contributed by atoms with Crippen molar-refractivity contribution in [3.63, 3.8) is 0 Å². The van der Waals surface area contributed by atoms with Crippen LogP contribution in [0.2, 0.25) is 0 Å². The van der Waals surface area contributed by atoms with Crippen LogP contribution in [-0.4, -0.2) is 115 Å². The Hall–Kier alpha value is -0.517. The molecule has 1 saturated heterocycles.